The van der Waals surface area contributed by atoms with Gasteiger partial charge in [0.2, 0.25) is 5.88 Å². The van der Waals surface area contributed by atoms with Gasteiger partial charge in [0.05, 0.1) is 11.9 Å². The molecule has 2 aromatic heterocycles. The lowest BCUT2D eigenvalue weighted by Gasteiger charge is -2.69. The first-order valence-electron chi connectivity index (χ1n) is 7.03. The van der Waals surface area contributed by atoms with E-state index in [0.29, 0.717) is 0 Å². The minimum atomic E-state index is -0.642. The lowest BCUT2D eigenvalue weighted by Crippen LogP contribution is -2.77. The van der Waals surface area contributed by atoms with Gasteiger partial charge in [0.25, 0.3) is 11.5 Å². The summed E-state index contributed by atoms with van der Waals surface area (Å²) in [4.78, 5) is 30.6. The molecule has 3 aliphatic carbocycles. The molecule has 2 aromatic rings. The number of hydrogen-bond donors (Lipinski definition) is 4. The number of amides is 1. The van der Waals surface area contributed by atoms with Gasteiger partial charge in [-0.25, -0.2) is 0 Å². The average molecular weight is 334 g/mol. The fourth-order valence-corrected chi connectivity index (χ4v) is 4.07. The van der Waals surface area contributed by atoms with Crippen LogP contribution in [0.1, 0.15) is 35.3 Å². The first kappa shape index (κ1) is 14.2. The van der Waals surface area contributed by atoms with E-state index in [1.165, 1.54) is 11.8 Å². The normalized spacial score (nSPS) is 27.9. The van der Waals surface area contributed by atoms with Crippen LogP contribution in [0, 0.1) is 0 Å². The minimum absolute atomic E-state index is 0.0182. The second-order valence-corrected chi connectivity index (χ2v) is 6.97. The van der Waals surface area contributed by atoms with Gasteiger partial charge in [-0.1, -0.05) is 11.8 Å². The van der Waals surface area contributed by atoms with Crippen molar-refractivity contribution in [2.75, 3.05) is 6.26 Å². The molecule has 5 rings (SSSR count). The fourth-order valence-electron chi connectivity index (χ4n) is 3.70. The molecule has 4 N–H and O–H groups in total. The van der Waals surface area contributed by atoms with Gasteiger partial charge in [0.1, 0.15) is 0 Å². The summed E-state index contributed by atoms with van der Waals surface area (Å²) in [5.74, 6) is -1.15. The summed E-state index contributed by atoms with van der Waals surface area (Å²) in [5, 5.41) is 23.5. The highest BCUT2D eigenvalue weighted by Gasteiger charge is 2.70. The van der Waals surface area contributed by atoms with E-state index in [1.54, 1.807) is 12.5 Å². The average Bonchev–Trinajstić information content (AvgIpc) is 2.94. The van der Waals surface area contributed by atoms with Crippen LogP contribution in [0.2, 0.25) is 0 Å². The Morgan fingerprint density at radius 1 is 1.43 bits per heavy atom. The molecule has 1 amide bonds. The van der Waals surface area contributed by atoms with E-state index in [2.05, 4.69) is 30.7 Å². The Balaban J connectivity index is 1.50. The van der Waals surface area contributed by atoms with Gasteiger partial charge < -0.3 is 15.4 Å². The van der Waals surface area contributed by atoms with Crippen molar-refractivity contribution in [3.63, 3.8) is 0 Å². The summed E-state index contributed by atoms with van der Waals surface area (Å²) < 4.78 is 0. The van der Waals surface area contributed by atoms with E-state index in [-0.39, 0.29) is 21.7 Å². The smallest absolute Gasteiger partial charge is 0.268 e. The van der Waals surface area contributed by atoms with Gasteiger partial charge in [-0.15, -0.1) is 0 Å². The van der Waals surface area contributed by atoms with E-state index in [9.17, 15) is 14.7 Å². The van der Waals surface area contributed by atoms with Crippen LogP contribution >= 0.6 is 11.8 Å². The molecule has 0 spiro atoms. The lowest BCUT2D eigenvalue weighted by atomic mass is 9.38. The molecule has 3 saturated carbocycles. The van der Waals surface area contributed by atoms with Gasteiger partial charge >= 0.3 is 0 Å². The minimum Gasteiger partial charge on any atom is -0.493 e. The fraction of sp³-hybridized carbons (Fsp3) is 0.462. The first-order chi connectivity index (χ1) is 11.0. The van der Waals surface area contributed by atoms with Crippen LogP contribution in [0.4, 0.5) is 0 Å². The van der Waals surface area contributed by atoms with Crippen molar-refractivity contribution >= 4 is 17.7 Å². The number of H-pyrrole nitrogens is 2. The van der Waals surface area contributed by atoms with Crippen molar-refractivity contribution in [2.24, 2.45) is 0 Å². The van der Waals surface area contributed by atoms with E-state index in [0.717, 1.165) is 25.0 Å². The number of aromatic hydroxyl groups is 1. The van der Waals surface area contributed by atoms with Crippen LogP contribution in [0.25, 0.3) is 0 Å². The van der Waals surface area contributed by atoms with Gasteiger partial charge in [0.15, 0.2) is 10.7 Å². The van der Waals surface area contributed by atoms with Crippen LogP contribution in [-0.4, -0.2) is 48.2 Å². The van der Waals surface area contributed by atoms with Crippen molar-refractivity contribution < 1.29 is 9.90 Å². The summed E-state index contributed by atoms with van der Waals surface area (Å²) in [5.41, 5.74) is -0.427. The molecule has 0 radical (unpaired) electrons. The zero-order valence-electron chi connectivity index (χ0n) is 12.2. The molecular weight excluding hydrogens is 320 g/mol. The van der Waals surface area contributed by atoms with E-state index in [1.807, 2.05) is 0 Å². The Labute approximate surface area is 134 Å². The number of aromatic nitrogens is 5. The zero-order chi connectivity index (χ0) is 16.2. The van der Waals surface area contributed by atoms with E-state index >= 15 is 0 Å². The van der Waals surface area contributed by atoms with Crippen LogP contribution in [0.3, 0.4) is 0 Å². The predicted octanol–water partition coefficient (Wildman–Crippen LogP) is -0.0804. The van der Waals surface area contributed by atoms with Crippen molar-refractivity contribution in [3.05, 3.63) is 27.8 Å². The van der Waals surface area contributed by atoms with Crippen LogP contribution < -0.4 is 10.9 Å². The van der Waals surface area contributed by atoms with Crippen LogP contribution in [0.15, 0.2) is 16.1 Å². The van der Waals surface area contributed by atoms with E-state index in [4.69, 9.17) is 0 Å². The van der Waals surface area contributed by atoms with E-state index < -0.39 is 17.3 Å². The Morgan fingerprint density at radius 3 is 2.74 bits per heavy atom. The van der Waals surface area contributed by atoms with Gasteiger partial charge in [-0.05, 0) is 25.5 Å². The molecule has 0 atom stereocenters. The van der Waals surface area contributed by atoms with Gasteiger partial charge in [-0.3, -0.25) is 9.59 Å². The molecule has 0 saturated heterocycles. The third-order valence-corrected chi connectivity index (χ3v) is 5.25. The van der Waals surface area contributed by atoms with Crippen molar-refractivity contribution in [2.45, 2.75) is 35.4 Å². The Kier molecular flexibility index (Phi) is 2.83. The Hall–Kier alpha value is -2.36. The summed E-state index contributed by atoms with van der Waals surface area (Å²) in [6.45, 7) is 0. The number of carbonyl (C=O) groups excluding carboxylic acids is 1. The van der Waals surface area contributed by atoms with Crippen molar-refractivity contribution in [3.8, 4) is 5.88 Å². The highest BCUT2D eigenvalue weighted by atomic mass is 32.2. The number of nitrogens with one attached hydrogen (secondary N) is 3. The maximum atomic E-state index is 12.3. The standard InChI is InChI=1S/C13H14N6O3S/c1-23-11-15-8(20)7(9(21)16-11)10(22)17-13-3-12(4-13,5-13)6-2-14-19-18-6/h2H,3-5H2,1H3,(H,17,22)(H,14,18,19)(H2,15,16,20,21). The summed E-state index contributed by atoms with van der Waals surface area (Å²) in [6, 6.07) is 0. The number of aromatic amines is 2. The second-order valence-electron chi connectivity index (χ2n) is 6.17. The highest BCUT2D eigenvalue weighted by molar-refractivity contribution is 7.98. The third kappa shape index (κ3) is 1.97. The third-order valence-electron chi connectivity index (χ3n) is 4.67. The number of carbonyl (C=O) groups is 1. The monoisotopic (exact) mass is 334 g/mol. The molecule has 2 bridgehead atoms. The summed E-state index contributed by atoms with van der Waals surface area (Å²) in [6.07, 6.45) is 5.68. The number of hydrogen-bond acceptors (Lipinski definition) is 7. The van der Waals surface area contributed by atoms with Crippen molar-refractivity contribution in [1.29, 1.82) is 0 Å². The molecule has 0 aliphatic heterocycles. The molecule has 2 heterocycles. The molecule has 3 aliphatic rings. The Bertz CT molecular complexity index is 826. The van der Waals surface area contributed by atoms with Crippen molar-refractivity contribution in [1.82, 2.24) is 30.7 Å². The zero-order valence-corrected chi connectivity index (χ0v) is 13.0. The molecule has 120 valence electrons. The second kappa shape index (κ2) is 4.57. The largest absolute Gasteiger partial charge is 0.493 e. The SMILES string of the molecule is CSc1nc(O)c(C(=O)NC23CC(c4cn[nH]n4)(C2)C3)c(=O)[nH]1. The summed E-state index contributed by atoms with van der Waals surface area (Å²) >= 11 is 1.18. The molecular formula is C13H14N6O3S. The molecule has 0 unspecified atom stereocenters. The quantitative estimate of drug-likeness (QED) is 0.453. The highest BCUT2D eigenvalue weighted by Crippen LogP contribution is 2.67. The molecule has 0 aromatic carbocycles. The molecule has 10 heteroatoms. The molecule has 3 fully saturated rings. The lowest BCUT2D eigenvalue weighted by molar-refractivity contribution is -0.0835. The molecule has 23 heavy (non-hydrogen) atoms. The number of nitrogens with zero attached hydrogens (tertiary/aromatic N) is 3. The van der Waals surface area contributed by atoms with Gasteiger partial charge in [0, 0.05) is 11.0 Å². The number of rotatable bonds is 4. The first-order valence-corrected chi connectivity index (χ1v) is 8.26. The number of thioether (sulfide) groups is 1. The topological polar surface area (TPSA) is 137 Å². The predicted molar refractivity (Wildman–Crippen MR) is 80.4 cm³/mol. The van der Waals surface area contributed by atoms with Crippen LogP contribution in [0.5, 0.6) is 5.88 Å². The Morgan fingerprint density at radius 2 is 2.17 bits per heavy atom. The van der Waals surface area contributed by atoms with Gasteiger partial charge in [-0.2, -0.15) is 20.4 Å². The summed E-state index contributed by atoms with van der Waals surface area (Å²) in [7, 11) is 0. The van der Waals surface area contributed by atoms with Crippen LogP contribution in [-0.2, 0) is 5.41 Å². The maximum Gasteiger partial charge on any atom is 0.268 e. The maximum absolute atomic E-state index is 12.3. The molecule has 9 nitrogen and oxygen atoms in total.